The molecule has 3 atom stereocenters. The van der Waals surface area contributed by atoms with Gasteiger partial charge in [0.2, 0.25) is 6.10 Å². The molecule has 1 fully saturated rings. The Balaban J connectivity index is 1.54. The average Bonchev–Trinajstić information content (AvgIpc) is 3.42. The van der Waals surface area contributed by atoms with Crippen molar-refractivity contribution in [1.82, 2.24) is 0 Å². The maximum atomic E-state index is 14.3. The van der Waals surface area contributed by atoms with Gasteiger partial charge >= 0.3 is 12.1 Å². The molecule has 0 amide bonds. The molecule has 3 aromatic carbocycles. The van der Waals surface area contributed by atoms with Gasteiger partial charge in [0.25, 0.3) is 0 Å². The molecule has 0 heterocycles. The van der Waals surface area contributed by atoms with Crippen molar-refractivity contribution < 1.29 is 31.8 Å². The summed E-state index contributed by atoms with van der Waals surface area (Å²) < 4.78 is 66.7. The molecule has 0 spiro atoms. The SMILES string of the molecule is CC1(C)C(C=C(c2ccccc2)C(F)(F)F)C1C(=O)OC(C#N)c1ccc(F)c(Oc2ccccc2)c1. The van der Waals surface area contributed by atoms with Gasteiger partial charge in [0.05, 0.1) is 11.5 Å². The molecule has 3 unspecified atom stereocenters. The monoisotopic (exact) mass is 509 g/mol. The molecular formula is C29H23F4NO3. The van der Waals surface area contributed by atoms with Gasteiger partial charge in [-0.25, -0.2) is 4.39 Å². The van der Waals surface area contributed by atoms with Gasteiger partial charge in [0, 0.05) is 5.56 Å². The van der Waals surface area contributed by atoms with Crippen molar-refractivity contribution in [3.63, 3.8) is 0 Å². The van der Waals surface area contributed by atoms with Crippen LogP contribution in [0.1, 0.15) is 31.1 Å². The third-order valence-corrected chi connectivity index (χ3v) is 6.48. The summed E-state index contributed by atoms with van der Waals surface area (Å²) in [7, 11) is 0. The molecule has 1 aliphatic rings. The van der Waals surface area contributed by atoms with E-state index in [1.807, 2.05) is 6.07 Å². The molecule has 0 N–H and O–H groups in total. The molecule has 4 rings (SSSR count). The van der Waals surface area contributed by atoms with Crippen LogP contribution in [0.3, 0.4) is 0 Å². The molecule has 0 aromatic heterocycles. The smallest absolute Gasteiger partial charge is 0.416 e. The third kappa shape index (κ3) is 5.67. The first-order valence-electron chi connectivity index (χ1n) is 11.5. The molecule has 190 valence electrons. The average molecular weight is 509 g/mol. The normalized spacial score (nSPS) is 19.4. The number of para-hydroxylation sites is 1. The van der Waals surface area contributed by atoms with Crippen LogP contribution in [0.4, 0.5) is 17.6 Å². The van der Waals surface area contributed by atoms with E-state index in [1.54, 1.807) is 50.2 Å². The van der Waals surface area contributed by atoms with E-state index < -0.39 is 46.9 Å². The summed E-state index contributed by atoms with van der Waals surface area (Å²) in [4.78, 5) is 13.0. The zero-order valence-corrected chi connectivity index (χ0v) is 20.0. The number of nitriles is 1. The Hall–Kier alpha value is -4.12. The molecule has 4 nitrogen and oxygen atoms in total. The van der Waals surface area contributed by atoms with Crippen molar-refractivity contribution in [3.05, 3.63) is 102 Å². The minimum atomic E-state index is -4.62. The second-order valence-electron chi connectivity index (χ2n) is 9.32. The number of carbonyl (C=O) groups excluding carboxylic acids is 1. The maximum Gasteiger partial charge on any atom is 0.416 e. The number of esters is 1. The van der Waals surface area contributed by atoms with Crippen molar-refractivity contribution in [2.75, 3.05) is 0 Å². The number of halogens is 4. The topological polar surface area (TPSA) is 59.3 Å². The summed E-state index contributed by atoms with van der Waals surface area (Å²) in [6.45, 7) is 3.34. The highest BCUT2D eigenvalue weighted by Gasteiger charge is 2.62. The first kappa shape index (κ1) is 26.0. The van der Waals surface area contributed by atoms with Crippen LogP contribution >= 0.6 is 0 Å². The van der Waals surface area contributed by atoms with Gasteiger partial charge in [-0.2, -0.15) is 18.4 Å². The molecule has 0 radical (unpaired) electrons. The van der Waals surface area contributed by atoms with Gasteiger partial charge in [-0.15, -0.1) is 0 Å². The van der Waals surface area contributed by atoms with Gasteiger partial charge in [-0.05, 0) is 41.2 Å². The summed E-state index contributed by atoms with van der Waals surface area (Å²) in [5, 5.41) is 9.65. The fraction of sp³-hybridized carbons (Fsp3) is 0.241. The largest absolute Gasteiger partial charge is 0.454 e. The Labute approximate surface area is 211 Å². The van der Waals surface area contributed by atoms with Gasteiger partial charge in [0.1, 0.15) is 11.8 Å². The van der Waals surface area contributed by atoms with Crippen LogP contribution in [-0.2, 0) is 9.53 Å². The van der Waals surface area contributed by atoms with Gasteiger partial charge < -0.3 is 9.47 Å². The minimum Gasteiger partial charge on any atom is -0.454 e. The van der Waals surface area contributed by atoms with E-state index in [-0.39, 0.29) is 16.9 Å². The number of benzene rings is 3. The van der Waals surface area contributed by atoms with E-state index in [2.05, 4.69) is 0 Å². The molecule has 3 aromatic rings. The maximum absolute atomic E-state index is 14.3. The van der Waals surface area contributed by atoms with Crippen molar-refractivity contribution in [1.29, 1.82) is 5.26 Å². The summed E-state index contributed by atoms with van der Waals surface area (Å²) in [6, 6.07) is 21.3. The Morgan fingerprint density at radius 1 is 1.03 bits per heavy atom. The molecule has 37 heavy (non-hydrogen) atoms. The number of nitrogens with zero attached hydrogens (tertiary/aromatic N) is 1. The molecular weight excluding hydrogens is 486 g/mol. The van der Waals surface area contributed by atoms with Crippen LogP contribution in [0.5, 0.6) is 11.5 Å². The van der Waals surface area contributed by atoms with Crippen LogP contribution in [0.2, 0.25) is 0 Å². The van der Waals surface area contributed by atoms with Crippen molar-refractivity contribution in [2.24, 2.45) is 17.3 Å². The van der Waals surface area contributed by atoms with E-state index in [0.29, 0.717) is 5.75 Å². The van der Waals surface area contributed by atoms with Crippen molar-refractivity contribution in [2.45, 2.75) is 26.1 Å². The zero-order valence-electron chi connectivity index (χ0n) is 20.0. The van der Waals surface area contributed by atoms with Crippen LogP contribution in [0.25, 0.3) is 5.57 Å². The van der Waals surface area contributed by atoms with E-state index in [0.717, 1.165) is 12.1 Å². The number of hydrogen-bond acceptors (Lipinski definition) is 4. The minimum absolute atomic E-state index is 0.00280. The first-order chi connectivity index (χ1) is 17.5. The molecule has 0 aliphatic heterocycles. The van der Waals surface area contributed by atoms with E-state index in [1.165, 1.54) is 36.4 Å². The van der Waals surface area contributed by atoms with E-state index in [4.69, 9.17) is 9.47 Å². The lowest BCUT2D eigenvalue weighted by molar-refractivity contribution is -0.149. The Bertz CT molecular complexity index is 1350. The van der Waals surface area contributed by atoms with Crippen LogP contribution in [0, 0.1) is 34.4 Å². The number of ether oxygens (including phenoxy) is 2. The molecule has 0 saturated heterocycles. The molecule has 0 bridgehead atoms. The van der Waals surface area contributed by atoms with Crippen LogP contribution in [0.15, 0.2) is 84.9 Å². The highest BCUT2D eigenvalue weighted by atomic mass is 19.4. The number of alkyl halides is 3. The molecule has 1 saturated carbocycles. The fourth-order valence-electron chi connectivity index (χ4n) is 4.33. The van der Waals surface area contributed by atoms with Crippen LogP contribution < -0.4 is 4.74 Å². The Kier molecular flexibility index (Phi) is 7.08. The Morgan fingerprint density at radius 3 is 2.24 bits per heavy atom. The van der Waals surface area contributed by atoms with Gasteiger partial charge in [0.15, 0.2) is 11.6 Å². The third-order valence-electron chi connectivity index (χ3n) is 6.48. The summed E-state index contributed by atoms with van der Waals surface area (Å²) in [5.41, 5.74) is -1.47. The summed E-state index contributed by atoms with van der Waals surface area (Å²) in [6.07, 6.45) is -4.96. The number of hydrogen-bond donors (Lipinski definition) is 0. The van der Waals surface area contributed by atoms with Gasteiger partial charge in [-0.1, -0.05) is 74.5 Å². The van der Waals surface area contributed by atoms with E-state index >= 15 is 0 Å². The van der Waals surface area contributed by atoms with Crippen molar-refractivity contribution >= 4 is 11.5 Å². The summed E-state index contributed by atoms with van der Waals surface area (Å²) in [5.74, 6) is -2.90. The van der Waals surface area contributed by atoms with Crippen molar-refractivity contribution in [3.8, 4) is 17.6 Å². The Morgan fingerprint density at radius 2 is 1.65 bits per heavy atom. The number of carbonyl (C=O) groups is 1. The second kappa shape index (κ2) is 10.1. The lowest BCUT2D eigenvalue weighted by Crippen LogP contribution is -2.15. The summed E-state index contributed by atoms with van der Waals surface area (Å²) >= 11 is 0. The number of allylic oxidation sites excluding steroid dienone is 2. The van der Waals surface area contributed by atoms with E-state index in [9.17, 15) is 27.6 Å². The lowest BCUT2D eigenvalue weighted by atomic mass is 10.0. The standard InChI is InChI=1S/C29H23F4NO3/c1-28(2)22(16-21(29(31,32)33)18-9-5-3-6-10-18)26(28)27(35)37-25(17-34)19-13-14-23(30)24(15-19)36-20-11-7-4-8-12-20/h3-16,22,25-26H,1-2H3. The predicted molar refractivity (Wildman–Crippen MR) is 129 cm³/mol. The predicted octanol–water partition coefficient (Wildman–Crippen LogP) is 7.64. The fourth-order valence-corrected chi connectivity index (χ4v) is 4.33. The lowest BCUT2D eigenvalue weighted by Gasteiger charge is -2.14. The highest BCUT2D eigenvalue weighted by Crippen LogP contribution is 2.61. The highest BCUT2D eigenvalue weighted by molar-refractivity contribution is 5.80. The quantitative estimate of drug-likeness (QED) is 0.243. The molecule has 8 heteroatoms. The van der Waals surface area contributed by atoms with Gasteiger partial charge in [-0.3, -0.25) is 4.79 Å². The second-order valence-corrected chi connectivity index (χ2v) is 9.32. The molecule has 1 aliphatic carbocycles. The zero-order chi connectivity index (χ0) is 26.8. The number of rotatable bonds is 7. The first-order valence-corrected chi connectivity index (χ1v) is 11.5. The van der Waals surface area contributed by atoms with Crippen LogP contribution in [-0.4, -0.2) is 12.1 Å².